The van der Waals surface area contributed by atoms with Gasteiger partial charge < -0.3 is 14.9 Å². The molecule has 1 atom stereocenters. The molecule has 5 rings (SSSR count). The summed E-state index contributed by atoms with van der Waals surface area (Å²) < 4.78 is 6.98. The Hall–Kier alpha value is -4.46. The van der Waals surface area contributed by atoms with Gasteiger partial charge in [-0.1, -0.05) is 36.4 Å². The van der Waals surface area contributed by atoms with Crippen molar-refractivity contribution in [2.75, 3.05) is 0 Å². The lowest BCUT2D eigenvalue weighted by Gasteiger charge is -2.15. The van der Waals surface area contributed by atoms with Crippen LogP contribution in [-0.4, -0.2) is 26.7 Å². The standard InChI is InChI=1S/C23H15N3O5/c27-14-11-9-13(10-12-14)20(28)25-24-19-17-7-3-4-8-18(17)26(21(19)29)22-15-5-1-2-6-16(15)23(30)31-22/h1-12,22,27,29H/t22-/m1/s1. The zero-order valence-electron chi connectivity index (χ0n) is 16.0. The Kier molecular flexibility index (Phi) is 4.25. The molecule has 4 aromatic rings. The molecule has 1 aliphatic rings. The molecule has 3 aromatic carbocycles. The third-order valence-electron chi connectivity index (χ3n) is 5.11. The smallest absolute Gasteiger partial charge is 0.340 e. The second-order valence-electron chi connectivity index (χ2n) is 6.96. The van der Waals surface area contributed by atoms with E-state index >= 15 is 0 Å². The van der Waals surface area contributed by atoms with Crippen molar-refractivity contribution in [2.45, 2.75) is 6.23 Å². The van der Waals surface area contributed by atoms with Gasteiger partial charge in [0.2, 0.25) is 12.1 Å². The number of carbonyl (C=O) groups excluding carboxylic acids is 2. The zero-order valence-corrected chi connectivity index (χ0v) is 16.0. The number of esters is 1. The summed E-state index contributed by atoms with van der Waals surface area (Å²) in [5.74, 6) is -1.36. The molecule has 1 aliphatic heterocycles. The molecular weight excluding hydrogens is 398 g/mol. The van der Waals surface area contributed by atoms with E-state index in [4.69, 9.17) is 4.74 Å². The number of ether oxygens (including phenoxy) is 1. The van der Waals surface area contributed by atoms with Crippen LogP contribution in [0, 0.1) is 0 Å². The van der Waals surface area contributed by atoms with Crippen molar-refractivity contribution >= 4 is 28.5 Å². The van der Waals surface area contributed by atoms with E-state index < -0.39 is 18.1 Å². The Bertz CT molecular complexity index is 1370. The largest absolute Gasteiger partial charge is 0.508 e. The Labute approximate surface area is 175 Å². The molecule has 152 valence electrons. The maximum absolute atomic E-state index is 12.3. The Morgan fingerprint density at radius 3 is 2.45 bits per heavy atom. The van der Waals surface area contributed by atoms with Crippen molar-refractivity contribution in [3.8, 4) is 11.6 Å². The predicted octanol–water partition coefficient (Wildman–Crippen LogP) is 4.69. The summed E-state index contributed by atoms with van der Waals surface area (Å²) in [4.78, 5) is 24.6. The summed E-state index contributed by atoms with van der Waals surface area (Å²) >= 11 is 0. The Morgan fingerprint density at radius 2 is 1.65 bits per heavy atom. The number of fused-ring (bicyclic) bond motifs is 2. The summed E-state index contributed by atoms with van der Waals surface area (Å²) in [6.07, 6.45) is -0.870. The molecule has 31 heavy (non-hydrogen) atoms. The molecule has 0 fully saturated rings. The zero-order chi connectivity index (χ0) is 21.5. The van der Waals surface area contributed by atoms with Crippen LogP contribution in [0.3, 0.4) is 0 Å². The number of hydrogen-bond acceptors (Lipinski definition) is 6. The van der Waals surface area contributed by atoms with E-state index in [0.717, 1.165) is 0 Å². The van der Waals surface area contributed by atoms with Gasteiger partial charge in [-0.15, -0.1) is 10.2 Å². The fourth-order valence-corrected chi connectivity index (χ4v) is 3.64. The molecule has 2 heterocycles. The topological polar surface area (TPSA) is 113 Å². The first kappa shape index (κ1) is 18.6. The van der Waals surface area contributed by atoms with E-state index in [1.54, 1.807) is 48.5 Å². The Balaban J connectivity index is 1.60. The lowest BCUT2D eigenvalue weighted by Crippen LogP contribution is -2.09. The van der Waals surface area contributed by atoms with Crippen LogP contribution in [0.5, 0.6) is 11.6 Å². The molecule has 0 saturated heterocycles. The van der Waals surface area contributed by atoms with Crippen LogP contribution < -0.4 is 0 Å². The summed E-state index contributed by atoms with van der Waals surface area (Å²) in [6.45, 7) is 0. The summed E-state index contributed by atoms with van der Waals surface area (Å²) in [6, 6.07) is 19.6. The van der Waals surface area contributed by atoms with Gasteiger partial charge in [0.25, 0.3) is 5.91 Å². The van der Waals surface area contributed by atoms with Gasteiger partial charge in [0.15, 0.2) is 5.69 Å². The van der Waals surface area contributed by atoms with Gasteiger partial charge in [0, 0.05) is 16.5 Å². The van der Waals surface area contributed by atoms with Crippen LogP contribution in [0.15, 0.2) is 83.0 Å². The second kappa shape index (κ2) is 7.10. The highest BCUT2D eigenvalue weighted by atomic mass is 16.6. The van der Waals surface area contributed by atoms with E-state index in [1.807, 2.05) is 0 Å². The molecular formula is C23H15N3O5. The molecule has 8 heteroatoms. The highest BCUT2D eigenvalue weighted by Crippen LogP contribution is 2.44. The van der Waals surface area contributed by atoms with E-state index in [9.17, 15) is 19.8 Å². The molecule has 2 N–H and O–H groups in total. The summed E-state index contributed by atoms with van der Waals surface area (Å²) in [7, 11) is 0. The average molecular weight is 413 g/mol. The van der Waals surface area contributed by atoms with Crippen molar-refractivity contribution in [3.05, 3.63) is 89.5 Å². The van der Waals surface area contributed by atoms with Crippen LogP contribution in [0.25, 0.3) is 10.9 Å². The van der Waals surface area contributed by atoms with Crippen molar-refractivity contribution in [3.63, 3.8) is 0 Å². The number of amides is 1. The fraction of sp³-hybridized carbons (Fsp3) is 0.0435. The van der Waals surface area contributed by atoms with Crippen LogP contribution in [-0.2, 0) is 4.74 Å². The third-order valence-corrected chi connectivity index (χ3v) is 5.11. The minimum absolute atomic E-state index is 0.0283. The quantitative estimate of drug-likeness (QED) is 0.373. The second-order valence-corrected chi connectivity index (χ2v) is 6.96. The average Bonchev–Trinajstić information content (AvgIpc) is 3.26. The number of cyclic esters (lactones) is 1. The maximum Gasteiger partial charge on any atom is 0.340 e. The first-order chi connectivity index (χ1) is 15.0. The van der Waals surface area contributed by atoms with E-state index in [2.05, 4.69) is 10.2 Å². The van der Waals surface area contributed by atoms with E-state index in [1.165, 1.54) is 28.8 Å². The van der Waals surface area contributed by atoms with Crippen molar-refractivity contribution < 1.29 is 24.5 Å². The monoisotopic (exact) mass is 413 g/mol. The molecule has 0 saturated carbocycles. The number of benzene rings is 3. The fourth-order valence-electron chi connectivity index (χ4n) is 3.64. The number of aromatic nitrogens is 1. The van der Waals surface area contributed by atoms with Gasteiger partial charge in [0.05, 0.1) is 11.1 Å². The normalized spacial score (nSPS) is 15.4. The number of phenols is 1. The lowest BCUT2D eigenvalue weighted by atomic mass is 10.1. The first-order valence-electron chi connectivity index (χ1n) is 9.41. The molecule has 0 unspecified atom stereocenters. The third kappa shape index (κ3) is 3.01. The van der Waals surface area contributed by atoms with Crippen LogP contribution >= 0.6 is 0 Å². The SMILES string of the molecule is O=C(N=Nc1c(O)n([C@@H]2OC(=O)c3ccccc32)c2ccccc12)c1ccc(O)cc1. The number of para-hydroxylation sites is 1. The molecule has 1 amide bonds. The summed E-state index contributed by atoms with van der Waals surface area (Å²) in [5, 5.41) is 28.6. The van der Waals surface area contributed by atoms with Gasteiger partial charge in [-0.2, -0.15) is 0 Å². The number of azo groups is 1. The van der Waals surface area contributed by atoms with Gasteiger partial charge in [-0.25, -0.2) is 4.79 Å². The number of nitrogens with zero attached hydrogens (tertiary/aromatic N) is 3. The van der Waals surface area contributed by atoms with Crippen molar-refractivity contribution in [2.24, 2.45) is 10.2 Å². The Morgan fingerprint density at radius 1 is 0.935 bits per heavy atom. The van der Waals surface area contributed by atoms with Crippen molar-refractivity contribution in [1.29, 1.82) is 0 Å². The minimum Gasteiger partial charge on any atom is -0.508 e. The predicted molar refractivity (Wildman–Crippen MR) is 111 cm³/mol. The van der Waals surface area contributed by atoms with Crippen LogP contribution in [0.4, 0.5) is 5.69 Å². The first-order valence-corrected chi connectivity index (χ1v) is 9.41. The maximum atomic E-state index is 12.3. The number of phenolic OH excluding ortho intramolecular Hbond substituents is 1. The molecule has 0 radical (unpaired) electrons. The summed E-state index contributed by atoms with van der Waals surface area (Å²) in [5.41, 5.74) is 1.94. The molecule has 1 aromatic heterocycles. The van der Waals surface area contributed by atoms with Crippen LogP contribution in [0.1, 0.15) is 32.5 Å². The van der Waals surface area contributed by atoms with E-state index in [0.29, 0.717) is 22.0 Å². The number of carbonyl (C=O) groups is 2. The van der Waals surface area contributed by atoms with Crippen molar-refractivity contribution in [1.82, 2.24) is 4.57 Å². The van der Waals surface area contributed by atoms with Crippen LogP contribution in [0.2, 0.25) is 0 Å². The van der Waals surface area contributed by atoms with Gasteiger partial charge in [0.1, 0.15) is 5.75 Å². The van der Waals surface area contributed by atoms with Gasteiger partial charge >= 0.3 is 5.97 Å². The minimum atomic E-state index is -0.870. The molecule has 0 aliphatic carbocycles. The number of aromatic hydroxyl groups is 2. The number of rotatable bonds is 3. The van der Waals surface area contributed by atoms with Gasteiger partial charge in [-0.05, 0) is 36.4 Å². The lowest BCUT2D eigenvalue weighted by molar-refractivity contribution is 0.0318. The van der Waals surface area contributed by atoms with E-state index in [-0.39, 0.29) is 22.9 Å². The molecule has 8 nitrogen and oxygen atoms in total. The highest BCUT2D eigenvalue weighted by Gasteiger charge is 2.35. The molecule has 0 spiro atoms. The van der Waals surface area contributed by atoms with Gasteiger partial charge in [-0.3, -0.25) is 9.36 Å². The number of hydrogen-bond donors (Lipinski definition) is 2. The highest BCUT2D eigenvalue weighted by molar-refractivity contribution is 5.98. The molecule has 0 bridgehead atoms.